The van der Waals surface area contributed by atoms with Crippen LogP contribution in [-0.2, 0) is 0 Å². The Morgan fingerprint density at radius 2 is 0.700 bits per heavy atom. The Labute approximate surface area is 120 Å². The molecule has 3 aromatic rings. The number of hydrogen-bond donors (Lipinski definition) is 1. The summed E-state index contributed by atoms with van der Waals surface area (Å²) >= 11 is 0. The summed E-state index contributed by atoms with van der Waals surface area (Å²) < 4.78 is 0. The van der Waals surface area contributed by atoms with Crippen molar-refractivity contribution in [2.75, 3.05) is 0 Å². The molecule has 100 valence electrons. The first-order valence-corrected chi connectivity index (χ1v) is 9.10. The van der Waals surface area contributed by atoms with Gasteiger partial charge in [-0.2, -0.15) is 0 Å². The van der Waals surface area contributed by atoms with Crippen molar-refractivity contribution in [3.63, 3.8) is 0 Å². The molecule has 0 aliphatic carbocycles. The van der Waals surface area contributed by atoms with Crippen LogP contribution in [0.15, 0.2) is 91.0 Å². The van der Waals surface area contributed by atoms with Crippen LogP contribution in [0.25, 0.3) is 0 Å². The van der Waals surface area contributed by atoms with E-state index in [4.69, 9.17) is 0 Å². The Morgan fingerprint density at radius 1 is 0.450 bits per heavy atom. The van der Waals surface area contributed by atoms with E-state index in [1.165, 1.54) is 0 Å². The molecule has 0 heterocycles. The van der Waals surface area contributed by atoms with Crippen LogP contribution in [0.4, 0.5) is 0 Å². The first-order valence-electron chi connectivity index (χ1n) is 6.86. The van der Waals surface area contributed by atoms with Gasteiger partial charge in [-0.05, 0) is 0 Å². The molecule has 0 spiro atoms. The predicted molar refractivity (Wildman–Crippen MR) is 87.6 cm³/mol. The number of hydrogen-bond acceptors (Lipinski definition) is 1. The molecule has 1 N–H and O–H groups in total. The average Bonchev–Trinajstić information content (AvgIpc) is 2.56. The summed E-state index contributed by atoms with van der Waals surface area (Å²) in [6.45, 7) is 0. The normalized spacial score (nSPS) is 12.1. The minimum atomic E-state index is -3.23. The van der Waals surface area contributed by atoms with Crippen molar-refractivity contribution in [1.29, 1.82) is 0 Å². The first-order chi connectivity index (χ1) is 9.82. The van der Waals surface area contributed by atoms with Gasteiger partial charge < -0.3 is 0 Å². The Kier molecular flexibility index (Phi) is 3.50. The van der Waals surface area contributed by atoms with Crippen LogP contribution in [0.3, 0.4) is 0 Å². The number of benzene rings is 3. The zero-order chi connectivity index (χ0) is 13.8. The molecule has 0 unspecified atom stereocenters. The van der Waals surface area contributed by atoms with Crippen LogP contribution >= 0.6 is 0 Å². The fraction of sp³-hybridized carbons (Fsp3) is 0. The molecule has 3 rings (SSSR count). The van der Waals surface area contributed by atoms with Gasteiger partial charge in [-0.15, -0.1) is 0 Å². The van der Waals surface area contributed by atoms with Crippen LogP contribution < -0.4 is 15.6 Å². The summed E-state index contributed by atoms with van der Waals surface area (Å²) in [4.78, 5) is 11.6. The maximum atomic E-state index is 11.6. The van der Waals surface area contributed by atoms with Crippen LogP contribution in [0, 0.1) is 0 Å². The van der Waals surface area contributed by atoms with E-state index in [0.29, 0.717) is 0 Å². The SMILES string of the molecule is O[SiH-](c1ccccc1)(c1ccccc1)c1ccccc1. The molecule has 0 saturated heterocycles. The predicted octanol–water partition coefficient (Wildman–Crippen LogP) is 1.38. The summed E-state index contributed by atoms with van der Waals surface area (Å²) in [5.74, 6) is 0. The van der Waals surface area contributed by atoms with Crippen molar-refractivity contribution < 1.29 is 4.80 Å². The van der Waals surface area contributed by atoms with E-state index in [1.807, 2.05) is 91.0 Å². The summed E-state index contributed by atoms with van der Waals surface area (Å²) in [6, 6.07) is 30.1. The van der Waals surface area contributed by atoms with E-state index in [1.54, 1.807) is 0 Å². The van der Waals surface area contributed by atoms with E-state index < -0.39 is 8.32 Å². The molecule has 0 bridgehead atoms. The minimum absolute atomic E-state index is 1.04. The van der Waals surface area contributed by atoms with E-state index in [0.717, 1.165) is 15.6 Å². The fourth-order valence-corrected chi connectivity index (χ4v) is 6.26. The van der Waals surface area contributed by atoms with E-state index in [9.17, 15) is 4.80 Å². The van der Waals surface area contributed by atoms with Crippen molar-refractivity contribution in [2.45, 2.75) is 0 Å². The van der Waals surface area contributed by atoms with Crippen molar-refractivity contribution in [2.24, 2.45) is 0 Å². The monoisotopic (exact) mass is 277 g/mol. The van der Waals surface area contributed by atoms with Gasteiger partial charge in [0.15, 0.2) is 0 Å². The summed E-state index contributed by atoms with van der Waals surface area (Å²) in [5, 5.41) is 3.12. The van der Waals surface area contributed by atoms with Crippen LogP contribution in [-0.4, -0.2) is 13.1 Å². The average molecular weight is 277 g/mol. The van der Waals surface area contributed by atoms with Crippen molar-refractivity contribution in [1.82, 2.24) is 0 Å². The zero-order valence-electron chi connectivity index (χ0n) is 11.2. The van der Waals surface area contributed by atoms with Crippen LogP contribution in [0.1, 0.15) is 0 Å². The Hall–Kier alpha value is -2.16. The molecular formula is C18H17OSi-. The third-order valence-corrected chi connectivity index (χ3v) is 7.90. The Bertz CT molecular complexity index is 569. The van der Waals surface area contributed by atoms with Gasteiger partial charge in [0.05, 0.1) is 0 Å². The van der Waals surface area contributed by atoms with Crippen LogP contribution in [0.5, 0.6) is 0 Å². The molecule has 0 radical (unpaired) electrons. The van der Waals surface area contributed by atoms with Crippen molar-refractivity contribution in [3.8, 4) is 0 Å². The van der Waals surface area contributed by atoms with Gasteiger partial charge in [0, 0.05) is 0 Å². The molecule has 0 fully saturated rings. The van der Waals surface area contributed by atoms with Gasteiger partial charge in [-0.3, -0.25) is 0 Å². The Morgan fingerprint density at radius 3 is 0.950 bits per heavy atom. The standard InChI is InChI=1S/C18H17OSi/c19-20(16-10-4-1-5-11-16,17-12-6-2-7-13-17)18-14-8-3-9-15-18/h1-15,19-20H/q-1. The van der Waals surface area contributed by atoms with Crippen LogP contribution in [0.2, 0.25) is 0 Å². The summed E-state index contributed by atoms with van der Waals surface area (Å²) in [7, 11) is -3.23. The van der Waals surface area contributed by atoms with Gasteiger partial charge in [0.25, 0.3) is 0 Å². The third-order valence-electron chi connectivity index (χ3n) is 3.85. The third kappa shape index (κ3) is 2.20. The van der Waals surface area contributed by atoms with Gasteiger partial charge in [-0.25, -0.2) is 0 Å². The van der Waals surface area contributed by atoms with Crippen molar-refractivity contribution >= 4 is 23.9 Å². The molecule has 2 heteroatoms. The van der Waals surface area contributed by atoms with Crippen molar-refractivity contribution in [3.05, 3.63) is 91.0 Å². The van der Waals surface area contributed by atoms with Gasteiger partial charge in [0.2, 0.25) is 0 Å². The topological polar surface area (TPSA) is 20.2 Å². The molecule has 0 amide bonds. The molecular weight excluding hydrogens is 260 g/mol. The van der Waals surface area contributed by atoms with E-state index in [2.05, 4.69) is 0 Å². The second-order valence-electron chi connectivity index (χ2n) is 5.05. The zero-order valence-corrected chi connectivity index (χ0v) is 12.3. The Balaban J connectivity index is 2.24. The molecule has 3 aromatic carbocycles. The second kappa shape index (κ2) is 5.45. The molecule has 0 saturated carbocycles. The van der Waals surface area contributed by atoms with E-state index >= 15 is 0 Å². The molecule has 0 aromatic heterocycles. The first kappa shape index (κ1) is 12.8. The molecule has 1 nitrogen and oxygen atoms in total. The summed E-state index contributed by atoms with van der Waals surface area (Å²) in [5.41, 5.74) is 0. The molecule has 0 aliphatic heterocycles. The second-order valence-corrected chi connectivity index (χ2v) is 8.69. The quantitative estimate of drug-likeness (QED) is 0.566. The van der Waals surface area contributed by atoms with Gasteiger partial charge >= 0.3 is 120 Å². The number of rotatable bonds is 3. The fourth-order valence-electron chi connectivity index (χ4n) is 2.77. The molecule has 20 heavy (non-hydrogen) atoms. The van der Waals surface area contributed by atoms with Gasteiger partial charge in [-0.1, -0.05) is 0 Å². The molecule has 0 atom stereocenters. The van der Waals surface area contributed by atoms with E-state index in [-0.39, 0.29) is 0 Å². The summed E-state index contributed by atoms with van der Waals surface area (Å²) in [6.07, 6.45) is 0. The maximum absolute atomic E-state index is 11.6. The molecule has 0 aliphatic rings. The van der Waals surface area contributed by atoms with Gasteiger partial charge in [0.1, 0.15) is 0 Å².